The zero-order chi connectivity index (χ0) is 21.1. The number of carbonyl (C=O) groups excluding carboxylic acids is 1. The number of carboxylic acids is 1. The largest absolute Gasteiger partial charge is 1.00 e. The molecule has 1 aromatic rings. The molecule has 0 aromatic carbocycles. The molecule has 5 fully saturated rings. The Morgan fingerprint density at radius 1 is 1.32 bits per heavy atom. The van der Waals surface area contributed by atoms with Crippen LogP contribution in [0, 0.1) is 23.7 Å². The molecule has 1 aliphatic carbocycles. The Bertz CT molecular complexity index is 850. The first-order chi connectivity index (χ1) is 14.3. The summed E-state index contributed by atoms with van der Waals surface area (Å²) < 4.78 is 12.5. The van der Waals surface area contributed by atoms with Crippen molar-refractivity contribution in [3.8, 4) is 0 Å². The van der Waals surface area contributed by atoms with Crippen molar-refractivity contribution in [1.29, 1.82) is 0 Å². The monoisotopic (exact) mass is 441 g/mol. The van der Waals surface area contributed by atoms with Crippen molar-refractivity contribution in [1.82, 2.24) is 9.97 Å². The normalized spacial score (nSPS) is 43.3. The fourth-order valence-electron chi connectivity index (χ4n) is 5.86. The maximum absolute atomic E-state index is 11.8. The molecule has 4 saturated heterocycles. The molecule has 164 valence electrons. The first-order valence-corrected chi connectivity index (χ1v) is 10.8. The number of carbonyl (C=O) groups is 1. The van der Waals surface area contributed by atoms with E-state index in [-0.39, 0.29) is 53.7 Å². The smallest absolute Gasteiger partial charge is 0.548 e. The van der Waals surface area contributed by atoms with Crippen molar-refractivity contribution in [3.63, 3.8) is 0 Å². The summed E-state index contributed by atoms with van der Waals surface area (Å²) in [5.74, 6) is -1.11. The number of rotatable bonds is 4. The minimum Gasteiger partial charge on any atom is -0.548 e. The van der Waals surface area contributed by atoms with Gasteiger partial charge in [-0.25, -0.2) is 19.8 Å². The number of carboxylic acid groups (broad SMARTS) is 1. The molecule has 6 rings (SSSR count). The van der Waals surface area contributed by atoms with Gasteiger partial charge in [-0.2, -0.15) is 0 Å². The molecular formula is C21H28N3NaO6. The van der Waals surface area contributed by atoms with E-state index in [9.17, 15) is 9.90 Å². The number of nitrogens with zero attached hydrogens (tertiary/aromatic N) is 2. The Kier molecular flexibility index (Phi) is 6.30. The van der Waals surface area contributed by atoms with E-state index in [4.69, 9.17) is 19.2 Å². The molecule has 1 N–H and O–H groups in total. The van der Waals surface area contributed by atoms with Gasteiger partial charge in [0, 0.05) is 42.5 Å². The zero-order valence-electron chi connectivity index (χ0n) is 18.5. The second-order valence-electron chi connectivity index (χ2n) is 9.40. The van der Waals surface area contributed by atoms with E-state index in [1.165, 1.54) is 6.33 Å². The minimum absolute atomic E-state index is 0. The van der Waals surface area contributed by atoms with E-state index < -0.39 is 29.7 Å². The predicted molar refractivity (Wildman–Crippen MR) is 102 cm³/mol. The van der Waals surface area contributed by atoms with Crippen LogP contribution >= 0.6 is 0 Å². The van der Waals surface area contributed by atoms with E-state index in [0.717, 1.165) is 25.7 Å². The number of hydrogen-bond donors (Lipinski definition) is 1. The van der Waals surface area contributed by atoms with Crippen LogP contribution in [0.15, 0.2) is 17.5 Å². The summed E-state index contributed by atoms with van der Waals surface area (Å²) in [6.07, 6.45) is 6.21. The molecule has 1 aromatic heterocycles. The summed E-state index contributed by atoms with van der Waals surface area (Å²) in [7, 11) is 0. The third-order valence-corrected chi connectivity index (χ3v) is 7.52. The topological polar surface area (TPSA) is 118 Å². The van der Waals surface area contributed by atoms with Crippen LogP contribution in [0.1, 0.15) is 52.1 Å². The number of hydrogen-bond acceptors (Lipinski definition) is 8. The van der Waals surface area contributed by atoms with Gasteiger partial charge in [-0.15, -0.1) is 0 Å². The van der Waals surface area contributed by atoms with Crippen molar-refractivity contribution in [2.24, 2.45) is 28.7 Å². The van der Waals surface area contributed by atoms with Gasteiger partial charge in [-0.1, -0.05) is 13.8 Å². The van der Waals surface area contributed by atoms with Crippen molar-refractivity contribution in [2.75, 3.05) is 0 Å². The Balaban J connectivity index is 0.00000231. The van der Waals surface area contributed by atoms with E-state index in [2.05, 4.69) is 21.9 Å². The van der Waals surface area contributed by atoms with Crippen LogP contribution in [0.25, 0.3) is 0 Å². The number of aliphatic carboxylic acids is 1. The standard InChI is InChI=1S/C21H29N3O6.Na/c1-11-4-5-15-12(2)17(24-16(18(25)26)8-13-9-22-10-23-13)27-19-21(15)14(11)6-7-20(3,28-19)29-30-21;/h9-12,14-16,19H,4-8H2,1-3H3,(H,22,23)(H,25,26);/q;+1/p-1. The number of H-pyrrole nitrogens is 1. The van der Waals surface area contributed by atoms with E-state index in [1.807, 2.05) is 13.8 Å². The van der Waals surface area contributed by atoms with Crippen LogP contribution in [-0.4, -0.2) is 45.6 Å². The molecule has 5 aliphatic rings. The molecule has 9 nitrogen and oxygen atoms in total. The molecule has 5 heterocycles. The van der Waals surface area contributed by atoms with Crippen molar-refractivity contribution in [2.45, 2.75) is 76.6 Å². The molecule has 1 spiro atoms. The van der Waals surface area contributed by atoms with Gasteiger partial charge in [-0.05, 0) is 32.1 Å². The van der Waals surface area contributed by atoms with Crippen LogP contribution in [0.5, 0.6) is 0 Å². The molecule has 1 saturated carbocycles. The predicted octanol–water partition coefficient (Wildman–Crippen LogP) is -1.64. The summed E-state index contributed by atoms with van der Waals surface area (Å²) in [5, 5.41) is 11.8. The Hall–Kier alpha value is -0.970. The molecule has 0 amide bonds. The number of aliphatic imine (C=N–C) groups is 1. The fraction of sp³-hybridized carbons (Fsp3) is 0.762. The van der Waals surface area contributed by atoms with Crippen LogP contribution in [0.2, 0.25) is 0 Å². The summed E-state index contributed by atoms with van der Waals surface area (Å²) >= 11 is 0. The van der Waals surface area contributed by atoms with Crippen LogP contribution < -0.4 is 34.7 Å². The second-order valence-corrected chi connectivity index (χ2v) is 9.40. The van der Waals surface area contributed by atoms with Crippen LogP contribution in [0.3, 0.4) is 0 Å². The van der Waals surface area contributed by atoms with Gasteiger partial charge < -0.3 is 24.4 Å². The molecule has 31 heavy (non-hydrogen) atoms. The summed E-state index contributed by atoms with van der Waals surface area (Å²) in [5.41, 5.74) is -0.0269. The molecule has 2 bridgehead atoms. The number of ether oxygens (including phenoxy) is 2. The van der Waals surface area contributed by atoms with Crippen LogP contribution in [-0.2, 0) is 30.5 Å². The average Bonchev–Trinajstić information content (AvgIpc) is 3.11. The number of imidazole rings is 1. The zero-order valence-corrected chi connectivity index (χ0v) is 20.5. The van der Waals surface area contributed by atoms with Gasteiger partial charge >= 0.3 is 29.6 Å². The molecule has 0 radical (unpaired) electrons. The van der Waals surface area contributed by atoms with Gasteiger partial charge in [0.1, 0.15) is 0 Å². The first kappa shape index (κ1) is 23.2. The summed E-state index contributed by atoms with van der Waals surface area (Å²) in [6, 6.07) is -1.08. The Labute approximate surface area is 203 Å². The minimum atomic E-state index is -1.25. The maximum atomic E-state index is 11.8. The van der Waals surface area contributed by atoms with Crippen molar-refractivity contribution >= 4 is 11.9 Å². The Morgan fingerprint density at radius 2 is 2.13 bits per heavy atom. The van der Waals surface area contributed by atoms with E-state index in [1.54, 1.807) is 6.20 Å². The molecular weight excluding hydrogens is 413 g/mol. The SMILES string of the molecule is CC1CCC2C(C)C(=NC(Cc3cnc[nH]3)C(=O)[O-])OC3OC4(C)CCC1C32OO4.[Na+]. The van der Waals surface area contributed by atoms with Gasteiger partial charge in [0.05, 0.1) is 18.3 Å². The van der Waals surface area contributed by atoms with Crippen LogP contribution in [0.4, 0.5) is 0 Å². The van der Waals surface area contributed by atoms with Crippen molar-refractivity contribution < 1.29 is 58.7 Å². The van der Waals surface area contributed by atoms with E-state index in [0.29, 0.717) is 17.5 Å². The van der Waals surface area contributed by atoms with Crippen molar-refractivity contribution in [3.05, 3.63) is 18.2 Å². The Morgan fingerprint density at radius 3 is 2.84 bits per heavy atom. The van der Waals surface area contributed by atoms with Gasteiger partial charge in [0.25, 0.3) is 0 Å². The number of nitrogens with one attached hydrogen (secondary N) is 1. The summed E-state index contributed by atoms with van der Waals surface area (Å²) in [6.45, 7) is 6.13. The summed E-state index contributed by atoms with van der Waals surface area (Å²) in [4.78, 5) is 35.0. The average molecular weight is 441 g/mol. The fourth-order valence-corrected chi connectivity index (χ4v) is 5.86. The third kappa shape index (κ3) is 3.77. The maximum Gasteiger partial charge on any atom is 1.00 e. The third-order valence-electron chi connectivity index (χ3n) is 7.52. The second kappa shape index (κ2) is 8.43. The van der Waals surface area contributed by atoms with Gasteiger partial charge in [-0.3, -0.25) is 0 Å². The quantitative estimate of drug-likeness (QED) is 0.440. The first-order valence-electron chi connectivity index (χ1n) is 10.8. The molecule has 4 aliphatic heterocycles. The number of aromatic nitrogens is 2. The molecule has 8 unspecified atom stereocenters. The molecule has 8 atom stereocenters. The van der Waals surface area contributed by atoms with E-state index >= 15 is 0 Å². The number of aromatic amines is 1. The van der Waals surface area contributed by atoms with Gasteiger partial charge in [0.15, 0.2) is 11.5 Å². The number of fused-ring (bicyclic) bond motifs is 2. The van der Waals surface area contributed by atoms with Gasteiger partial charge in [0.2, 0.25) is 12.1 Å². The molecule has 10 heteroatoms.